The van der Waals surface area contributed by atoms with Gasteiger partial charge in [-0.1, -0.05) is 18.2 Å². The molecule has 2 saturated heterocycles. The monoisotopic (exact) mass is 362 g/mol. The summed E-state index contributed by atoms with van der Waals surface area (Å²) in [6.07, 6.45) is 2.45. The van der Waals surface area contributed by atoms with Crippen LogP contribution in [0.25, 0.3) is 0 Å². The third-order valence-electron chi connectivity index (χ3n) is 5.64. The minimum Gasteiger partial charge on any atom is -0.456 e. The molecule has 2 heterocycles. The fourth-order valence-corrected chi connectivity index (χ4v) is 3.52. The SMILES string of the molecule is C=C1C(=O)OC2C=C(C)CCC=C(C)C(O)C(OC(=O)C3(C)OC3C)C12. The lowest BCUT2D eigenvalue weighted by molar-refractivity contribution is -0.163. The van der Waals surface area contributed by atoms with Gasteiger partial charge in [-0.25, -0.2) is 9.59 Å². The molecule has 26 heavy (non-hydrogen) atoms. The second-order valence-electron chi connectivity index (χ2n) is 7.60. The van der Waals surface area contributed by atoms with Gasteiger partial charge >= 0.3 is 11.9 Å². The molecule has 0 saturated carbocycles. The summed E-state index contributed by atoms with van der Waals surface area (Å²) in [6, 6.07) is 0. The van der Waals surface area contributed by atoms with Crippen molar-refractivity contribution in [2.45, 2.75) is 70.6 Å². The van der Waals surface area contributed by atoms with Gasteiger partial charge in [-0.3, -0.25) is 0 Å². The van der Waals surface area contributed by atoms with Crippen LogP contribution in [-0.4, -0.2) is 47.1 Å². The van der Waals surface area contributed by atoms with Crippen molar-refractivity contribution in [3.05, 3.63) is 35.5 Å². The number of carbonyl (C=O) groups excluding carboxylic acids is 2. The third-order valence-corrected chi connectivity index (χ3v) is 5.64. The van der Waals surface area contributed by atoms with E-state index in [0.717, 1.165) is 18.4 Å². The maximum absolute atomic E-state index is 12.6. The van der Waals surface area contributed by atoms with E-state index in [0.29, 0.717) is 5.57 Å². The molecule has 2 aliphatic heterocycles. The zero-order valence-corrected chi connectivity index (χ0v) is 15.7. The number of ether oxygens (including phenoxy) is 3. The predicted octanol–water partition coefficient (Wildman–Crippen LogP) is 2.22. The largest absolute Gasteiger partial charge is 0.456 e. The summed E-state index contributed by atoms with van der Waals surface area (Å²) in [6.45, 7) is 11.0. The van der Waals surface area contributed by atoms with Crippen LogP contribution in [0.1, 0.15) is 40.5 Å². The van der Waals surface area contributed by atoms with Crippen LogP contribution in [0.15, 0.2) is 35.5 Å². The van der Waals surface area contributed by atoms with E-state index in [1.54, 1.807) is 20.8 Å². The number of hydrogen-bond donors (Lipinski definition) is 1. The molecule has 6 atom stereocenters. The van der Waals surface area contributed by atoms with Gasteiger partial charge < -0.3 is 19.3 Å². The van der Waals surface area contributed by atoms with Crippen molar-refractivity contribution in [1.29, 1.82) is 0 Å². The molecule has 0 aromatic carbocycles. The summed E-state index contributed by atoms with van der Waals surface area (Å²) >= 11 is 0. The minimum absolute atomic E-state index is 0.208. The standard InChI is InChI=1S/C20H26O6/c1-10-7-6-8-11(2)16(21)17(25-19(23)20(5)13(4)26-20)15-12(3)18(22)24-14(15)9-10/h8-9,13-17,21H,3,6-7H2,1-2,4-5H3. The molecule has 3 aliphatic rings. The van der Waals surface area contributed by atoms with Crippen molar-refractivity contribution in [2.75, 3.05) is 0 Å². The van der Waals surface area contributed by atoms with Gasteiger partial charge in [-0.2, -0.15) is 0 Å². The zero-order valence-electron chi connectivity index (χ0n) is 15.7. The van der Waals surface area contributed by atoms with Crippen molar-refractivity contribution in [3.63, 3.8) is 0 Å². The summed E-state index contributed by atoms with van der Waals surface area (Å²) in [7, 11) is 0. The Labute approximate surface area is 153 Å². The Morgan fingerprint density at radius 1 is 1.42 bits per heavy atom. The summed E-state index contributed by atoms with van der Waals surface area (Å²) in [5, 5.41) is 10.9. The minimum atomic E-state index is -1.05. The highest BCUT2D eigenvalue weighted by molar-refractivity contribution is 5.91. The molecule has 0 amide bonds. The van der Waals surface area contributed by atoms with Crippen LogP contribution >= 0.6 is 0 Å². The first-order chi connectivity index (χ1) is 12.1. The molecule has 142 valence electrons. The number of aliphatic hydroxyl groups is 1. The lowest BCUT2D eigenvalue weighted by Crippen LogP contribution is -2.44. The number of hydrogen-bond acceptors (Lipinski definition) is 6. The van der Waals surface area contributed by atoms with Gasteiger partial charge in [0.25, 0.3) is 0 Å². The van der Waals surface area contributed by atoms with Gasteiger partial charge in [0.2, 0.25) is 0 Å². The lowest BCUT2D eigenvalue weighted by atomic mass is 9.84. The summed E-state index contributed by atoms with van der Waals surface area (Å²) in [5.41, 5.74) is 0.954. The smallest absolute Gasteiger partial charge is 0.341 e. The van der Waals surface area contributed by atoms with Gasteiger partial charge in [0.15, 0.2) is 5.60 Å². The van der Waals surface area contributed by atoms with Gasteiger partial charge in [0.1, 0.15) is 18.3 Å². The number of allylic oxidation sites excluding steroid dienone is 2. The van der Waals surface area contributed by atoms with E-state index < -0.39 is 41.8 Å². The van der Waals surface area contributed by atoms with Crippen molar-refractivity contribution in [2.24, 2.45) is 5.92 Å². The Morgan fingerprint density at radius 3 is 2.69 bits per heavy atom. The first-order valence-corrected chi connectivity index (χ1v) is 8.96. The average Bonchev–Trinajstić information content (AvgIpc) is 3.10. The first-order valence-electron chi connectivity index (χ1n) is 8.96. The van der Waals surface area contributed by atoms with E-state index in [-0.39, 0.29) is 11.7 Å². The summed E-state index contributed by atoms with van der Waals surface area (Å²) in [4.78, 5) is 24.7. The number of carbonyl (C=O) groups is 2. The molecule has 1 N–H and O–H groups in total. The van der Waals surface area contributed by atoms with Crippen LogP contribution in [0.3, 0.4) is 0 Å². The van der Waals surface area contributed by atoms with Gasteiger partial charge in [-0.15, -0.1) is 0 Å². The highest BCUT2D eigenvalue weighted by Crippen LogP contribution is 2.40. The molecule has 2 fully saturated rings. The number of esters is 2. The van der Waals surface area contributed by atoms with Crippen molar-refractivity contribution >= 4 is 11.9 Å². The van der Waals surface area contributed by atoms with E-state index in [9.17, 15) is 14.7 Å². The van der Waals surface area contributed by atoms with Gasteiger partial charge in [0, 0.05) is 5.57 Å². The predicted molar refractivity (Wildman–Crippen MR) is 94.1 cm³/mol. The van der Waals surface area contributed by atoms with E-state index >= 15 is 0 Å². The Balaban J connectivity index is 1.97. The molecular formula is C20H26O6. The fourth-order valence-electron chi connectivity index (χ4n) is 3.52. The van der Waals surface area contributed by atoms with Crippen LogP contribution in [0.4, 0.5) is 0 Å². The number of fused-ring (bicyclic) bond motifs is 1. The first kappa shape index (κ1) is 18.9. The number of rotatable bonds is 2. The quantitative estimate of drug-likeness (QED) is 0.351. The topological polar surface area (TPSA) is 85.4 Å². The van der Waals surface area contributed by atoms with Crippen LogP contribution < -0.4 is 0 Å². The van der Waals surface area contributed by atoms with Crippen LogP contribution in [0.2, 0.25) is 0 Å². The molecule has 1 aliphatic carbocycles. The second kappa shape index (κ2) is 6.67. The van der Waals surface area contributed by atoms with Gasteiger partial charge in [0.05, 0.1) is 12.0 Å². The highest BCUT2D eigenvalue weighted by atomic mass is 16.7. The van der Waals surface area contributed by atoms with Crippen molar-refractivity contribution in [1.82, 2.24) is 0 Å². The zero-order chi connectivity index (χ0) is 19.2. The fraction of sp³-hybridized carbons (Fsp3) is 0.600. The lowest BCUT2D eigenvalue weighted by Gasteiger charge is -2.31. The van der Waals surface area contributed by atoms with Crippen LogP contribution in [0.5, 0.6) is 0 Å². The molecule has 6 nitrogen and oxygen atoms in total. The molecule has 0 aromatic rings. The molecular weight excluding hydrogens is 336 g/mol. The molecule has 6 unspecified atom stereocenters. The Bertz CT molecular complexity index is 705. The van der Waals surface area contributed by atoms with Crippen molar-refractivity contribution in [3.8, 4) is 0 Å². The van der Waals surface area contributed by atoms with E-state index in [1.807, 2.05) is 19.1 Å². The Morgan fingerprint density at radius 2 is 2.08 bits per heavy atom. The van der Waals surface area contributed by atoms with Crippen molar-refractivity contribution < 1.29 is 28.9 Å². The van der Waals surface area contributed by atoms with E-state index in [2.05, 4.69) is 6.58 Å². The molecule has 0 aromatic heterocycles. The molecule has 0 bridgehead atoms. The maximum atomic E-state index is 12.6. The average molecular weight is 362 g/mol. The molecule has 6 heteroatoms. The second-order valence-corrected chi connectivity index (χ2v) is 7.60. The summed E-state index contributed by atoms with van der Waals surface area (Å²) in [5.74, 6) is -1.72. The van der Waals surface area contributed by atoms with Gasteiger partial charge in [-0.05, 0) is 52.2 Å². The van der Waals surface area contributed by atoms with Crippen LogP contribution in [-0.2, 0) is 23.8 Å². The van der Waals surface area contributed by atoms with E-state index in [4.69, 9.17) is 14.2 Å². The molecule has 0 radical (unpaired) electrons. The maximum Gasteiger partial charge on any atom is 0.341 e. The Hall–Kier alpha value is -1.92. The van der Waals surface area contributed by atoms with Crippen LogP contribution in [0, 0.1) is 5.92 Å². The normalized spacial score (nSPS) is 40.1. The highest BCUT2D eigenvalue weighted by Gasteiger charge is 2.59. The Kier molecular flexibility index (Phi) is 4.84. The number of epoxide rings is 1. The number of aliphatic hydroxyl groups excluding tert-OH is 1. The van der Waals surface area contributed by atoms with E-state index in [1.165, 1.54) is 0 Å². The molecule has 0 spiro atoms. The summed E-state index contributed by atoms with van der Waals surface area (Å²) < 4.78 is 16.5. The third kappa shape index (κ3) is 3.23. The molecule has 3 rings (SSSR count).